The molecule has 0 unspecified atom stereocenters. The molecule has 1 rings (SSSR count). The van der Waals surface area contributed by atoms with Crippen LogP contribution in [0, 0.1) is 11.3 Å². The molecule has 10 heteroatoms. The third-order valence-corrected chi connectivity index (χ3v) is 3.39. The number of alkyl halides is 6. The van der Waals surface area contributed by atoms with Crippen molar-refractivity contribution in [1.82, 2.24) is 0 Å². The van der Waals surface area contributed by atoms with Crippen molar-refractivity contribution >= 4 is 17.6 Å². The molecule has 1 aromatic rings. The van der Waals surface area contributed by atoms with E-state index in [1.165, 1.54) is 0 Å². The number of amidine groups is 1. The molecule has 23 heavy (non-hydrogen) atoms. The van der Waals surface area contributed by atoms with Crippen molar-refractivity contribution in [3.8, 4) is 6.07 Å². The molecular formula is C13H9F6N3S. The number of hydrogen-bond donors (Lipinski definition) is 1. The molecule has 0 aliphatic heterocycles. The van der Waals surface area contributed by atoms with Crippen molar-refractivity contribution in [2.45, 2.75) is 18.1 Å². The molecule has 0 aliphatic rings. The third-order valence-electron chi connectivity index (χ3n) is 2.34. The Balaban J connectivity index is 3.22. The lowest BCUT2D eigenvalue weighted by Crippen LogP contribution is -2.31. The van der Waals surface area contributed by atoms with Crippen molar-refractivity contribution in [1.29, 1.82) is 5.26 Å². The Morgan fingerprint density at radius 1 is 1.09 bits per heavy atom. The van der Waals surface area contributed by atoms with Gasteiger partial charge in [-0.15, -0.1) is 11.8 Å². The minimum atomic E-state index is -5.14. The van der Waals surface area contributed by atoms with Crippen LogP contribution < -0.4 is 5.73 Å². The van der Waals surface area contributed by atoms with Gasteiger partial charge < -0.3 is 5.73 Å². The normalized spacial score (nSPS) is 14.2. The fourth-order valence-corrected chi connectivity index (χ4v) is 2.26. The molecule has 0 saturated heterocycles. The number of nitrogens with two attached hydrogens (primary N) is 1. The highest BCUT2D eigenvalue weighted by atomic mass is 32.2. The van der Waals surface area contributed by atoms with Crippen molar-refractivity contribution in [2.24, 2.45) is 10.7 Å². The van der Waals surface area contributed by atoms with E-state index in [4.69, 9.17) is 5.26 Å². The highest BCUT2D eigenvalue weighted by molar-refractivity contribution is 8.02. The molecule has 0 radical (unpaired) electrons. The fourth-order valence-electron chi connectivity index (χ4n) is 1.29. The van der Waals surface area contributed by atoms with Gasteiger partial charge in [0.15, 0.2) is 5.57 Å². The maximum Gasteiger partial charge on any atom is 0.449 e. The largest absolute Gasteiger partial charge is 0.449 e. The van der Waals surface area contributed by atoms with Crippen LogP contribution >= 0.6 is 11.8 Å². The summed E-state index contributed by atoms with van der Waals surface area (Å²) >= 11 is 0.348. The average molecular weight is 353 g/mol. The standard InChI is InChI=1S/C13H9F6N3S/c14-12(15,16)9(6-20)10(22-11(21)13(17,18)19)23-7-8-4-2-1-3-5-8/h1-5H,7H2,(H2,21,22)/b10-9-. The van der Waals surface area contributed by atoms with Crippen molar-refractivity contribution in [3.05, 3.63) is 46.5 Å². The molecule has 1 aromatic carbocycles. The lowest BCUT2D eigenvalue weighted by molar-refractivity contribution is -0.0879. The Kier molecular flexibility index (Phi) is 6.09. The van der Waals surface area contributed by atoms with Crippen LogP contribution in [0.4, 0.5) is 26.3 Å². The fraction of sp³-hybridized carbons (Fsp3) is 0.231. The van der Waals surface area contributed by atoms with E-state index in [2.05, 4.69) is 10.7 Å². The Bertz CT molecular complexity index is 640. The topological polar surface area (TPSA) is 62.2 Å². The number of nitriles is 1. The second kappa shape index (κ2) is 7.41. The van der Waals surface area contributed by atoms with Gasteiger partial charge in [0.1, 0.15) is 11.1 Å². The van der Waals surface area contributed by atoms with Crippen LogP contribution in [0.3, 0.4) is 0 Å². The number of benzene rings is 1. The predicted octanol–water partition coefficient (Wildman–Crippen LogP) is 4.14. The first-order chi connectivity index (χ1) is 10.6. The van der Waals surface area contributed by atoms with E-state index < -0.39 is 28.8 Å². The number of aliphatic imine (C=N–C) groups is 1. The van der Waals surface area contributed by atoms with Crippen LogP contribution in [0.5, 0.6) is 0 Å². The molecule has 0 bridgehead atoms. The Labute approximate surface area is 131 Å². The third kappa shape index (κ3) is 5.86. The molecule has 0 amide bonds. The Hall–Kier alpha value is -2.15. The van der Waals surface area contributed by atoms with Gasteiger partial charge in [-0.2, -0.15) is 31.6 Å². The zero-order valence-corrected chi connectivity index (χ0v) is 12.1. The summed E-state index contributed by atoms with van der Waals surface area (Å²) in [7, 11) is 0. The van der Waals surface area contributed by atoms with Crippen molar-refractivity contribution < 1.29 is 26.3 Å². The second-order valence-electron chi connectivity index (χ2n) is 4.06. The molecule has 0 heterocycles. The summed E-state index contributed by atoms with van der Waals surface area (Å²) in [6.45, 7) is 0. The quantitative estimate of drug-likeness (QED) is 0.383. The molecule has 2 N–H and O–H groups in total. The summed E-state index contributed by atoms with van der Waals surface area (Å²) < 4.78 is 75.4. The van der Waals surface area contributed by atoms with Gasteiger partial charge >= 0.3 is 12.4 Å². The highest BCUT2D eigenvalue weighted by Crippen LogP contribution is 2.35. The van der Waals surface area contributed by atoms with Gasteiger partial charge in [0.25, 0.3) is 0 Å². The van der Waals surface area contributed by atoms with Gasteiger partial charge in [0.2, 0.25) is 5.84 Å². The smallest absolute Gasteiger partial charge is 0.380 e. The summed E-state index contributed by atoms with van der Waals surface area (Å²) in [4.78, 5) is 2.77. The molecule has 0 spiro atoms. The first kappa shape index (κ1) is 18.9. The number of hydrogen-bond acceptors (Lipinski definition) is 3. The van der Waals surface area contributed by atoms with Crippen LogP contribution in [0.15, 0.2) is 45.9 Å². The van der Waals surface area contributed by atoms with Crippen LogP contribution in [0.1, 0.15) is 5.56 Å². The van der Waals surface area contributed by atoms with Gasteiger partial charge in [-0.1, -0.05) is 30.3 Å². The summed E-state index contributed by atoms with van der Waals surface area (Å²) in [6.07, 6.45) is -10.2. The zero-order chi connectivity index (χ0) is 17.7. The summed E-state index contributed by atoms with van der Waals surface area (Å²) in [5.74, 6) is -2.06. The molecule has 0 aromatic heterocycles. The first-order valence-electron chi connectivity index (χ1n) is 5.85. The number of rotatable bonds is 4. The van der Waals surface area contributed by atoms with E-state index in [1.54, 1.807) is 30.3 Å². The second-order valence-corrected chi connectivity index (χ2v) is 5.02. The lowest BCUT2D eigenvalue weighted by atomic mass is 10.2. The van der Waals surface area contributed by atoms with Gasteiger partial charge in [0.05, 0.1) is 0 Å². The van der Waals surface area contributed by atoms with E-state index >= 15 is 0 Å². The molecule has 124 valence electrons. The maximum absolute atomic E-state index is 12.8. The van der Waals surface area contributed by atoms with Crippen LogP contribution in [0.25, 0.3) is 0 Å². The number of nitrogens with zero attached hydrogens (tertiary/aromatic N) is 2. The zero-order valence-electron chi connectivity index (χ0n) is 11.2. The van der Waals surface area contributed by atoms with Gasteiger partial charge in [-0.25, -0.2) is 4.99 Å². The summed E-state index contributed by atoms with van der Waals surface area (Å²) in [5.41, 5.74) is 3.38. The molecule has 0 fully saturated rings. The predicted molar refractivity (Wildman–Crippen MR) is 74.1 cm³/mol. The van der Waals surface area contributed by atoms with Crippen molar-refractivity contribution in [2.75, 3.05) is 0 Å². The molecule has 0 saturated carbocycles. The number of halogens is 6. The molecular weight excluding hydrogens is 344 g/mol. The van der Waals surface area contributed by atoms with Crippen LogP contribution in [-0.2, 0) is 5.75 Å². The summed E-state index contributed by atoms with van der Waals surface area (Å²) in [5, 5.41) is 7.49. The van der Waals surface area contributed by atoms with Crippen LogP contribution in [-0.4, -0.2) is 18.2 Å². The molecule has 0 aliphatic carbocycles. The average Bonchev–Trinajstić information content (AvgIpc) is 2.43. The lowest BCUT2D eigenvalue weighted by Gasteiger charge is -2.11. The van der Waals surface area contributed by atoms with E-state index in [9.17, 15) is 26.3 Å². The SMILES string of the molecule is N#C/C(=C(\N=C(N)C(F)(F)F)SCc1ccccc1)C(F)(F)F. The minimum absolute atomic E-state index is 0.105. The first-order valence-corrected chi connectivity index (χ1v) is 6.84. The number of thioether (sulfide) groups is 1. The Morgan fingerprint density at radius 3 is 2.09 bits per heavy atom. The van der Waals surface area contributed by atoms with Crippen molar-refractivity contribution in [3.63, 3.8) is 0 Å². The molecule has 0 atom stereocenters. The van der Waals surface area contributed by atoms with Gasteiger partial charge in [0, 0.05) is 5.75 Å². The van der Waals surface area contributed by atoms with E-state index in [1.807, 2.05) is 0 Å². The van der Waals surface area contributed by atoms with Gasteiger partial charge in [-0.05, 0) is 5.56 Å². The summed E-state index contributed by atoms with van der Waals surface area (Å²) in [6, 6.07) is 8.87. The monoisotopic (exact) mass is 353 g/mol. The van der Waals surface area contributed by atoms with E-state index in [0.29, 0.717) is 17.3 Å². The van der Waals surface area contributed by atoms with E-state index in [0.717, 1.165) is 6.07 Å². The van der Waals surface area contributed by atoms with E-state index in [-0.39, 0.29) is 5.75 Å². The maximum atomic E-state index is 12.8. The number of allylic oxidation sites excluding steroid dienone is 1. The highest BCUT2D eigenvalue weighted by Gasteiger charge is 2.39. The van der Waals surface area contributed by atoms with Crippen LogP contribution in [0.2, 0.25) is 0 Å². The molecule has 3 nitrogen and oxygen atoms in total. The Morgan fingerprint density at radius 2 is 1.65 bits per heavy atom. The van der Waals surface area contributed by atoms with Gasteiger partial charge in [-0.3, -0.25) is 0 Å². The minimum Gasteiger partial charge on any atom is -0.380 e.